The van der Waals surface area contributed by atoms with E-state index < -0.39 is 12.1 Å². The quantitative estimate of drug-likeness (QED) is 0.0668. The predicted octanol–water partition coefficient (Wildman–Crippen LogP) is 10.6. The van der Waals surface area contributed by atoms with Gasteiger partial charge >= 0.3 is 12.1 Å². The van der Waals surface area contributed by atoms with E-state index in [0.717, 1.165) is 20.9 Å². The van der Waals surface area contributed by atoms with Gasteiger partial charge in [-0.2, -0.15) is 0 Å². The van der Waals surface area contributed by atoms with E-state index in [-0.39, 0.29) is 18.2 Å². The van der Waals surface area contributed by atoms with Crippen LogP contribution in [0, 0.1) is 13.8 Å². The number of anilines is 4. The van der Waals surface area contributed by atoms with E-state index in [0.29, 0.717) is 73.6 Å². The van der Waals surface area contributed by atoms with Gasteiger partial charge < -0.3 is 29.6 Å². The van der Waals surface area contributed by atoms with Gasteiger partial charge in [0.25, 0.3) is 0 Å². The van der Waals surface area contributed by atoms with Gasteiger partial charge in [0.2, 0.25) is 5.88 Å². The molecule has 0 atom stereocenters. The fraction of sp³-hybridized carbons (Fsp3) is 0.120. The van der Waals surface area contributed by atoms with Gasteiger partial charge in [0, 0.05) is 42.0 Å². The van der Waals surface area contributed by atoms with Crippen LogP contribution in [-0.2, 0) is 13.2 Å². The van der Waals surface area contributed by atoms with Crippen molar-refractivity contribution in [3.63, 3.8) is 0 Å². The SMILES string of the molecule is COc1ccccc1C(=O)c1cc(C)ccc1NC(=O)Nc1ncc(COc2ccccn2)s1.COc1ccccc1C(=O)c1cc(C)ccc1NC(=O)Nc1ncc(COc2cccnc2)s1. The number of pyridine rings is 2. The highest BCUT2D eigenvalue weighted by Crippen LogP contribution is 2.29. The van der Waals surface area contributed by atoms with Crippen molar-refractivity contribution in [1.29, 1.82) is 0 Å². The first-order valence-corrected chi connectivity index (χ1v) is 22.4. The topological polar surface area (TPSA) is 205 Å². The average Bonchev–Trinajstić information content (AvgIpc) is 4.02. The molecule has 4 aromatic heterocycles. The molecule has 0 fully saturated rings. The molecule has 18 heteroatoms. The molecule has 0 unspecified atom stereocenters. The molecule has 4 aromatic carbocycles. The van der Waals surface area contributed by atoms with Crippen molar-refractivity contribution in [3.8, 4) is 23.1 Å². The number of thiazole rings is 2. The van der Waals surface area contributed by atoms with Crippen LogP contribution in [0.25, 0.3) is 0 Å². The normalized spacial score (nSPS) is 10.4. The first kappa shape index (κ1) is 47.5. The van der Waals surface area contributed by atoms with Crippen molar-refractivity contribution in [2.24, 2.45) is 0 Å². The largest absolute Gasteiger partial charge is 0.496 e. The molecule has 16 nitrogen and oxygen atoms in total. The Morgan fingerprint density at radius 3 is 1.51 bits per heavy atom. The van der Waals surface area contributed by atoms with Crippen LogP contribution >= 0.6 is 22.7 Å². The predicted molar refractivity (Wildman–Crippen MR) is 262 cm³/mol. The Bertz CT molecular complexity index is 2820. The van der Waals surface area contributed by atoms with Crippen LogP contribution in [0.1, 0.15) is 52.7 Å². The fourth-order valence-electron chi connectivity index (χ4n) is 6.39. The molecule has 8 rings (SSSR count). The number of aromatic nitrogens is 4. The number of ketones is 2. The summed E-state index contributed by atoms with van der Waals surface area (Å²) in [6.45, 7) is 4.36. The third-order valence-corrected chi connectivity index (χ3v) is 11.4. The van der Waals surface area contributed by atoms with Crippen LogP contribution < -0.4 is 40.2 Å². The molecule has 0 bridgehead atoms. The summed E-state index contributed by atoms with van der Waals surface area (Å²) in [6, 6.07) is 32.5. The zero-order valence-corrected chi connectivity index (χ0v) is 38.8. The number of para-hydroxylation sites is 2. The smallest absolute Gasteiger partial charge is 0.325 e. The van der Waals surface area contributed by atoms with E-state index in [1.54, 1.807) is 116 Å². The number of hydrogen-bond acceptors (Lipinski definition) is 14. The minimum Gasteiger partial charge on any atom is -0.496 e. The number of carbonyl (C=O) groups is 4. The maximum atomic E-state index is 13.3. The van der Waals surface area contributed by atoms with E-state index in [1.165, 1.54) is 36.9 Å². The number of hydrogen-bond donors (Lipinski definition) is 4. The summed E-state index contributed by atoms with van der Waals surface area (Å²) in [5.74, 6) is 1.59. The lowest BCUT2D eigenvalue weighted by Crippen LogP contribution is -2.21. The van der Waals surface area contributed by atoms with Crippen molar-refractivity contribution >= 4 is 67.9 Å². The lowest BCUT2D eigenvalue weighted by molar-refractivity contribution is 0.102. The summed E-state index contributed by atoms with van der Waals surface area (Å²) in [4.78, 5) is 70.0. The standard InChI is InChI=1S/2C25H22N4O4S/c1-16-9-10-21(20(12-16)23(30)19-7-3-4-8-22(19)32-2)28-24(31)29-25-27-14-18(34-25)15-33-17-6-5-11-26-13-17;1-16-10-11-20(19(13-16)23(30)18-7-3-4-8-21(18)32-2)28-24(31)29-25-27-14-17(34-25)15-33-22-9-5-6-12-26-22/h2*3-14H,15H2,1-2H3,(H2,27,28,29,31). The summed E-state index contributed by atoms with van der Waals surface area (Å²) in [7, 11) is 3.03. The van der Waals surface area contributed by atoms with Crippen LogP contribution in [0.4, 0.5) is 31.2 Å². The number of benzene rings is 4. The molecule has 0 spiro atoms. The number of ether oxygens (including phenoxy) is 4. The van der Waals surface area contributed by atoms with Crippen LogP contribution in [0.5, 0.6) is 23.1 Å². The van der Waals surface area contributed by atoms with E-state index in [2.05, 4.69) is 41.2 Å². The number of nitrogens with one attached hydrogen (secondary N) is 4. The Labute approximate surface area is 399 Å². The maximum Gasteiger partial charge on any atom is 0.325 e. The van der Waals surface area contributed by atoms with Crippen LogP contribution in [0.3, 0.4) is 0 Å². The molecular formula is C50H44N8O8S2. The lowest BCUT2D eigenvalue weighted by Gasteiger charge is -2.13. The summed E-state index contributed by atoms with van der Waals surface area (Å²) in [6.07, 6.45) is 8.21. The average molecular weight is 949 g/mol. The lowest BCUT2D eigenvalue weighted by atomic mass is 9.99. The molecule has 8 aromatic rings. The highest BCUT2D eigenvalue weighted by molar-refractivity contribution is 7.16. The Kier molecular flexibility index (Phi) is 16.1. The highest BCUT2D eigenvalue weighted by atomic mass is 32.1. The van der Waals surface area contributed by atoms with Crippen molar-refractivity contribution in [2.45, 2.75) is 27.1 Å². The van der Waals surface area contributed by atoms with Gasteiger partial charge in [-0.3, -0.25) is 25.2 Å². The summed E-state index contributed by atoms with van der Waals surface area (Å²) in [5, 5.41) is 11.7. The minimum atomic E-state index is -0.510. The zero-order chi connectivity index (χ0) is 47.8. The van der Waals surface area contributed by atoms with Crippen LogP contribution in [-0.4, -0.2) is 57.8 Å². The van der Waals surface area contributed by atoms with E-state index in [1.807, 2.05) is 44.2 Å². The molecule has 344 valence electrons. The molecule has 4 amide bonds. The monoisotopic (exact) mass is 948 g/mol. The van der Waals surface area contributed by atoms with Gasteiger partial charge in [-0.1, -0.05) is 76.3 Å². The Morgan fingerprint density at radius 1 is 0.515 bits per heavy atom. The van der Waals surface area contributed by atoms with Crippen LogP contribution in [0.2, 0.25) is 0 Å². The fourth-order valence-corrected chi connectivity index (χ4v) is 7.84. The first-order valence-electron chi connectivity index (χ1n) is 20.8. The van der Waals surface area contributed by atoms with Crippen molar-refractivity contribution < 1.29 is 38.1 Å². The molecule has 0 saturated carbocycles. The first-order chi connectivity index (χ1) is 33.1. The van der Waals surface area contributed by atoms with Gasteiger partial charge in [-0.05, 0) is 80.6 Å². The number of aryl methyl sites for hydroxylation is 2. The van der Waals surface area contributed by atoms with Crippen LogP contribution in [0.15, 0.2) is 146 Å². The highest BCUT2D eigenvalue weighted by Gasteiger charge is 2.21. The number of nitrogens with zero attached hydrogens (tertiary/aromatic N) is 4. The second-order valence-corrected chi connectivity index (χ2v) is 16.7. The van der Waals surface area contributed by atoms with E-state index in [4.69, 9.17) is 18.9 Å². The number of carbonyl (C=O) groups excluding carboxylic acids is 4. The summed E-state index contributed by atoms with van der Waals surface area (Å²) < 4.78 is 21.9. The Hall–Kier alpha value is -8.48. The number of methoxy groups -OCH3 is 2. The molecule has 0 saturated heterocycles. The molecular weight excluding hydrogens is 905 g/mol. The molecule has 4 heterocycles. The molecule has 0 aliphatic carbocycles. The second kappa shape index (κ2) is 23.1. The third-order valence-electron chi connectivity index (χ3n) is 9.60. The van der Waals surface area contributed by atoms with Gasteiger partial charge in [-0.25, -0.2) is 24.5 Å². The van der Waals surface area contributed by atoms with Gasteiger partial charge in [0.1, 0.15) is 30.5 Å². The molecule has 68 heavy (non-hydrogen) atoms. The van der Waals surface area contributed by atoms with Crippen molar-refractivity contribution in [2.75, 3.05) is 35.5 Å². The van der Waals surface area contributed by atoms with Crippen molar-refractivity contribution in [1.82, 2.24) is 19.9 Å². The Balaban J connectivity index is 0.000000201. The van der Waals surface area contributed by atoms with Gasteiger partial charge in [0.15, 0.2) is 21.8 Å². The molecule has 4 N–H and O–H groups in total. The third kappa shape index (κ3) is 12.9. The maximum absolute atomic E-state index is 13.3. The van der Waals surface area contributed by atoms with E-state index >= 15 is 0 Å². The zero-order valence-electron chi connectivity index (χ0n) is 37.1. The second-order valence-electron chi connectivity index (χ2n) is 14.5. The minimum absolute atomic E-state index is 0.250. The summed E-state index contributed by atoms with van der Waals surface area (Å²) >= 11 is 2.58. The Morgan fingerprint density at radius 2 is 1.03 bits per heavy atom. The molecule has 0 radical (unpaired) electrons. The van der Waals surface area contributed by atoms with Gasteiger partial charge in [0.05, 0.1) is 52.7 Å². The van der Waals surface area contributed by atoms with Gasteiger partial charge in [-0.15, -0.1) is 0 Å². The number of amides is 4. The number of rotatable bonds is 16. The summed E-state index contributed by atoms with van der Waals surface area (Å²) in [5.41, 5.74) is 4.11. The molecule has 0 aliphatic rings. The van der Waals surface area contributed by atoms with E-state index in [9.17, 15) is 19.2 Å². The molecule has 0 aliphatic heterocycles. The van der Waals surface area contributed by atoms with Crippen molar-refractivity contribution in [3.05, 3.63) is 189 Å². The number of urea groups is 2.